The maximum Gasteiger partial charge on any atom is 0.445 e. The second-order valence-electron chi connectivity index (χ2n) is 6.32. The molecule has 1 aliphatic carbocycles. The molecule has 0 spiro atoms. The molecule has 0 fully saturated rings. The van der Waals surface area contributed by atoms with Gasteiger partial charge >= 0.3 is 12.1 Å². The number of para-hydroxylation sites is 1. The molecule has 11 heteroatoms. The van der Waals surface area contributed by atoms with E-state index in [9.17, 15) is 22.8 Å². The Morgan fingerprint density at radius 2 is 1.97 bits per heavy atom. The highest BCUT2D eigenvalue weighted by Gasteiger charge is 2.36. The first kappa shape index (κ1) is 19.2. The fourth-order valence-corrected chi connectivity index (χ4v) is 3.82. The third-order valence-corrected chi connectivity index (χ3v) is 5.26. The first-order valence-electron chi connectivity index (χ1n) is 8.61. The number of nitrogens with one attached hydrogen (secondary N) is 1. The number of alkyl halides is 3. The minimum absolute atomic E-state index is 0.189. The van der Waals surface area contributed by atoms with Crippen molar-refractivity contribution in [2.75, 3.05) is 11.9 Å². The van der Waals surface area contributed by atoms with Crippen molar-refractivity contribution >= 4 is 39.2 Å². The average molecular weight is 422 g/mol. The van der Waals surface area contributed by atoms with Gasteiger partial charge in [-0.2, -0.15) is 13.2 Å². The third kappa shape index (κ3) is 3.90. The first-order chi connectivity index (χ1) is 13.8. The van der Waals surface area contributed by atoms with Crippen LogP contribution in [0.15, 0.2) is 24.3 Å². The predicted octanol–water partition coefficient (Wildman–Crippen LogP) is 3.39. The topological polar surface area (TPSA) is 94.1 Å². The number of carbonyl (C=O) groups excluding carboxylic acids is 2. The summed E-state index contributed by atoms with van der Waals surface area (Å²) in [6.07, 6.45) is -2.32. The van der Waals surface area contributed by atoms with Crippen LogP contribution < -0.4 is 5.32 Å². The molecule has 1 N–H and O–H groups in total. The van der Waals surface area contributed by atoms with Gasteiger partial charge in [0.1, 0.15) is 0 Å². The number of aromatic nitrogens is 3. The summed E-state index contributed by atoms with van der Waals surface area (Å²) in [4.78, 5) is 29.2. The molecule has 2 heterocycles. The van der Waals surface area contributed by atoms with E-state index in [2.05, 4.69) is 20.5 Å². The van der Waals surface area contributed by atoms with Gasteiger partial charge in [0.25, 0.3) is 5.91 Å². The van der Waals surface area contributed by atoms with Crippen molar-refractivity contribution in [3.05, 3.63) is 46.1 Å². The number of aryl methyl sites for hydroxylation is 1. The minimum atomic E-state index is -4.64. The number of halogens is 3. The second kappa shape index (κ2) is 7.39. The lowest BCUT2D eigenvalue weighted by molar-refractivity contribution is -0.138. The van der Waals surface area contributed by atoms with Gasteiger partial charge in [0.05, 0.1) is 11.1 Å². The van der Waals surface area contributed by atoms with Crippen molar-refractivity contribution in [2.24, 2.45) is 0 Å². The van der Waals surface area contributed by atoms with E-state index in [4.69, 9.17) is 4.74 Å². The van der Waals surface area contributed by atoms with Crippen LogP contribution in [-0.2, 0) is 28.5 Å². The lowest BCUT2D eigenvalue weighted by Crippen LogP contribution is -2.21. The van der Waals surface area contributed by atoms with Gasteiger partial charge in [-0.25, -0.2) is 4.79 Å². The smallest absolute Gasteiger partial charge is 0.445 e. The fraction of sp³-hybridized carbons (Fsp3) is 0.278. The Morgan fingerprint density at radius 1 is 1.17 bits per heavy atom. The van der Waals surface area contributed by atoms with Gasteiger partial charge < -0.3 is 4.74 Å². The molecule has 0 bridgehead atoms. The lowest BCUT2D eigenvalue weighted by Gasteiger charge is -2.11. The van der Waals surface area contributed by atoms with Crippen LogP contribution >= 0.6 is 11.3 Å². The summed E-state index contributed by atoms with van der Waals surface area (Å²) in [5.74, 6) is -1.48. The number of amides is 1. The predicted molar refractivity (Wildman–Crippen MR) is 97.6 cm³/mol. The highest BCUT2D eigenvalue weighted by atomic mass is 32.1. The molecular weight excluding hydrogens is 409 g/mol. The molecule has 0 saturated heterocycles. The fourth-order valence-electron chi connectivity index (χ4n) is 3.19. The Labute approximate surface area is 165 Å². The Hall–Kier alpha value is -3.08. The molecule has 4 rings (SSSR count). The number of esters is 1. The van der Waals surface area contributed by atoms with Crippen molar-refractivity contribution in [1.29, 1.82) is 0 Å². The van der Waals surface area contributed by atoms with Crippen molar-refractivity contribution < 1.29 is 27.5 Å². The molecular formula is C18H13F3N4O3S. The largest absolute Gasteiger partial charge is 0.452 e. The zero-order valence-corrected chi connectivity index (χ0v) is 15.6. The zero-order valence-electron chi connectivity index (χ0n) is 14.7. The van der Waals surface area contributed by atoms with E-state index in [1.165, 1.54) is 0 Å². The number of hydrogen-bond donors (Lipinski definition) is 1. The van der Waals surface area contributed by atoms with E-state index in [1.807, 2.05) is 6.07 Å². The Morgan fingerprint density at radius 3 is 2.72 bits per heavy atom. The number of nitrogens with zero attached hydrogens (tertiary/aromatic N) is 3. The zero-order chi connectivity index (χ0) is 20.6. The van der Waals surface area contributed by atoms with E-state index in [1.54, 1.807) is 18.2 Å². The van der Waals surface area contributed by atoms with Gasteiger partial charge in [0.15, 0.2) is 6.61 Å². The van der Waals surface area contributed by atoms with Crippen LogP contribution in [0.4, 0.5) is 18.3 Å². The molecule has 0 saturated carbocycles. The van der Waals surface area contributed by atoms with E-state index in [0.717, 1.165) is 24.1 Å². The number of carbonyl (C=O) groups is 2. The maximum atomic E-state index is 12.7. The van der Waals surface area contributed by atoms with Crippen LogP contribution in [0.3, 0.4) is 0 Å². The van der Waals surface area contributed by atoms with Gasteiger partial charge in [-0.3, -0.25) is 15.1 Å². The molecule has 150 valence electrons. The van der Waals surface area contributed by atoms with Gasteiger partial charge in [0, 0.05) is 11.1 Å². The van der Waals surface area contributed by atoms with Crippen molar-refractivity contribution in [3.63, 3.8) is 0 Å². The third-order valence-electron chi connectivity index (χ3n) is 4.37. The number of fused-ring (bicyclic) bond motifs is 2. The summed E-state index contributed by atoms with van der Waals surface area (Å²) < 4.78 is 42.7. The molecule has 1 aliphatic rings. The van der Waals surface area contributed by atoms with E-state index >= 15 is 0 Å². The summed E-state index contributed by atoms with van der Waals surface area (Å²) in [7, 11) is 0. The average Bonchev–Trinajstić information content (AvgIpc) is 3.33. The first-order valence-corrected chi connectivity index (χ1v) is 9.43. The lowest BCUT2D eigenvalue weighted by atomic mass is 10.0. The summed E-state index contributed by atoms with van der Waals surface area (Å²) in [6, 6.07) is 7.15. The molecule has 0 radical (unpaired) electrons. The van der Waals surface area contributed by atoms with Crippen molar-refractivity contribution in [3.8, 4) is 0 Å². The van der Waals surface area contributed by atoms with Gasteiger partial charge in [-0.15, -0.1) is 10.2 Å². The summed E-state index contributed by atoms with van der Waals surface area (Å²) >= 11 is 0.189. The van der Waals surface area contributed by atoms with E-state index in [0.29, 0.717) is 22.9 Å². The molecule has 29 heavy (non-hydrogen) atoms. The number of benzene rings is 1. The molecule has 1 amide bonds. The number of ether oxygens (including phenoxy) is 1. The molecule has 2 aromatic heterocycles. The number of anilines is 1. The molecule has 0 aliphatic heterocycles. The standard InChI is InChI=1S/C18H13F3N4O3S/c19-18(20,21)16-24-25-17(29-16)23-13(26)8-28-15(27)14-9-4-1-2-6-11(9)22-12-7-3-5-10(12)14/h1-2,4,6H,3,5,7-8H2,(H,23,25,26). The van der Waals surface area contributed by atoms with E-state index in [-0.39, 0.29) is 16.5 Å². The molecule has 3 aromatic rings. The Kier molecular flexibility index (Phi) is 4.91. The molecule has 1 aromatic carbocycles. The van der Waals surface area contributed by atoms with Crippen LogP contribution in [0.5, 0.6) is 0 Å². The van der Waals surface area contributed by atoms with Gasteiger partial charge in [-0.05, 0) is 30.9 Å². The van der Waals surface area contributed by atoms with Crippen LogP contribution in [0.1, 0.15) is 33.0 Å². The normalized spacial score (nSPS) is 13.3. The van der Waals surface area contributed by atoms with Gasteiger partial charge in [-0.1, -0.05) is 29.5 Å². The van der Waals surface area contributed by atoms with Crippen molar-refractivity contribution in [2.45, 2.75) is 25.4 Å². The second-order valence-corrected chi connectivity index (χ2v) is 7.29. The number of pyridine rings is 1. The quantitative estimate of drug-likeness (QED) is 0.648. The number of hydrogen-bond acceptors (Lipinski definition) is 7. The van der Waals surface area contributed by atoms with Crippen molar-refractivity contribution in [1.82, 2.24) is 15.2 Å². The number of rotatable bonds is 4. The summed E-state index contributed by atoms with van der Waals surface area (Å²) in [5, 5.41) is 7.52. The molecule has 0 unspecified atom stereocenters. The minimum Gasteiger partial charge on any atom is -0.452 e. The van der Waals surface area contributed by atoms with Gasteiger partial charge in [0.2, 0.25) is 10.1 Å². The summed E-state index contributed by atoms with van der Waals surface area (Å²) in [6.45, 7) is -0.662. The highest BCUT2D eigenvalue weighted by Crippen LogP contribution is 2.33. The monoisotopic (exact) mass is 422 g/mol. The van der Waals surface area contributed by atoms with Crippen LogP contribution in [0, 0.1) is 0 Å². The molecule has 0 atom stereocenters. The molecule has 7 nitrogen and oxygen atoms in total. The van der Waals surface area contributed by atoms with Crippen LogP contribution in [0.2, 0.25) is 0 Å². The highest BCUT2D eigenvalue weighted by molar-refractivity contribution is 7.15. The summed E-state index contributed by atoms with van der Waals surface area (Å²) in [5.41, 5.74) is 2.70. The van der Waals surface area contributed by atoms with Crippen LogP contribution in [-0.4, -0.2) is 33.7 Å². The van der Waals surface area contributed by atoms with Crippen LogP contribution in [0.25, 0.3) is 10.9 Å². The Bertz CT molecular complexity index is 1110. The SMILES string of the molecule is O=C(COC(=O)c1c2c(nc3ccccc13)CCC2)Nc1nnc(C(F)(F)F)s1. The maximum absolute atomic E-state index is 12.7. The van der Waals surface area contributed by atoms with E-state index < -0.39 is 29.7 Å². The Balaban J connectivity index is 1.48.